The maximum atomic E-state index is 13.1. The Morgan fingerprint density at radius 2 is 2.00 bits per heavy atom. The number of benzene rings is 1. The number of nitrogens with zero attached hydrogens (tertiary/aromatic N) is 2. The molecule has 0 bridgehead atoms. The Morgan fingerprint density at radius 1 is 1.19 bits per heavy atom. The van der Waals surface area contributed by atoms with Crippen LogP contribution < -0.4 is 10.9 Å². The van der Waals surface area contributed by atoms with Gasteiger partial charge in [0, 0.05) is 22.7 Å². The summed E-state index contributed by atoms with van der Waals surface area (Å²) in [6.45, 7) is 2.37. The van der Waals surface area contributed by atoms with Gasteiger partial charge >= 0.3 is 0 Å². The van der Waals surface area contributed by atoms with Crippen LogP contribution in [0.5, 0.6) is 0 Å². The van der Waals surface area contributed by atoms with E-state index >= 15 is 0 Å². The smallest absolute Gasteiger partial charge is 0.262 e. The molecule has 3 heterocycles. The van der Waals surface area contributed by atoms with Crippen molar-refractivity contribution in [1.29, 1.82) is 0 Å². The largest absolute Gasteiger partial charge is 0.344 e. The van der Waals surface area contributed by atoms with Crippen molar-refractivity contribution in [1.82, 2.24) is 14.9 Å². The van der Waals surface area contributed by atoms with Gasteiger partial charge in [0.2, 0.25) is 5.91 Å². The molecule has 0 aliphatic heterocycles. The van der Waals surface area contributed by atoms with Gasteiger partial charge in [0.15, 0.2) is 0 Å². The zero-order valence-corrected chi connectivity index (χ0v) is 19.6. The van der Waals surface area contributed by atoms with Gasteiger partial charge in [-0.1, -0.05) is 35.9 Å². The molecule has 1 aliphatic rings. The van der Waals surface area contributed by atoms with Gasteiger partial charge in [-0.3, -0.25) is 14.2 Å². The molecule has 4 aromatic rings. The Hall–Kier alpha value is -2.77. The molecular formula is C25H25N3O2S2. The third kappa shape index (κ3) is 4.14. The van der Waals surface area contributed by atoms with E-state index < -0.39 is 0 Å². The fourth-order valence-corrected chi connectivity index (χ4v) is 6.35. The lowest BCUT2D eigenvalue weighted by Gasteiger charge is -2.18. The van der Waals surface area contributed by atoms with E-state index in [0.29, 0.717) is 6.54 Å². The lowest BCUT2D eigenvalue weighted by molar-refractivity contribution is -0.121. The van der Waals surface area contributed by atoms with E-state index in [1.807, 2.05) is 17.5 Å². The van der Waals surface area contributed by atoms with Crippen LogP contribution in [0.2, 0.25) is 0 Å². The third-order valence-electron chi connectivity index (χ3n) is 6.07. The van der Waals surface area contributed by atoms with Gasteiger partial charge in [0.05, 0.1) is 17.8 Å². The first-order valence-corrected chi connectivity index (χ1v) is 12.7. The standard InChI is InChI=1S/C25H25N3O2S2/c1-16-8-10-17(11-9-16)23(20-7-4-14-31-20)27-21(29)12-13-28-15-26-24-22(25(28)30)18-5-2-3-6-19(18)32-24/h4,7-11,14-15,23H,2-3,5-6,12-13H2,1H3,(H,27,29). The number of aromatic nitrogens is 2. The number of hydrogen-bond donors (Lipinski definition) is 1. The monoisotopic (exact) mass is 463 g/mol. The number of aryl methyl sites for hydroxylation is 4. The van der Waals surface area contributed by atoms with Crippen LogP contribution in [0.25, 0.3) is 10.2 Å². The second kappa shape index (κ2) is 9.00. The van der Waals surface area contributed by atoms with Crippen molar-refractivity contribution in [3.05, 3.63) is 84.9 Å². The summed E-state index contributed by atoms with van der Waals surface area (Å²) in [6, 6.07) is 12.1. The number of thiophene rings is 2. The van der Waals surface area contributed by atoms with Crippen LogP contribution >= 0.6 is 22.7 Å². The summed E-state index contributed by atoms with van der Waals surface area (Å²) in [6.07, 6.45) is 6.13. The number of hydrogen-bond acceptors (Lipinski definition) is 5. The van der Waals surface area contributed by atoms with Crippen molar-refractivity contribution in [2.45, 2.75) is 51.6 Å². The first-order chi connectivity index (χ1) is 15.6. The summed E-state index contributed by atoms with van der Waals surface area (Å²) in [5, 5.41) is 5.95. The number of carbonyl (C=O) groups excluding carboxylic acids is 1. The zero-order valence-electron chi connectivity index (χ0n) is 18.0. The van der Waals surface area contributed by atoms with Crippen molar-refractivity contribution >= 4 is 38.8 Å². The predicted octanol–water partition coefficient (Wildman–Crippen LogP) is 5.00. The summed E-state index contributed by atoms with van der Waals surface area (Å²) >= 11 is 3.28. The summed E-state index contributed by atoms with van der Waals surface area (Å²) in [7, 11) is 0. The molecule has 0 saturated heterocycles. The molecule has 32 heavy (non-hydrogen) atoms. The fraction of sp³-hybridized carbons (Fsp3) is 0.320. The quantitative estimate of drug-likeness (QED) is 0.438. The Labute approximate surface area is 194 Å². The molecule has 0 fully saturated rings. The highest BCUT2D eigenvalue weighted by Crippen LogP contribution is 2.33. The first kappa shape index (κ1) is 21.1. The van der Waals surface area contributed by atoms with Gasteiger partial charge in [0.1, 0.15) is 4.83 Å². The van der Waals surface area contributed by atoms with Crippen LogP contribution in [0.1, 0.15) is 51.7 Å². The van der Waals surface area contributed by atoms with Gasteiger partial charge in [-0.2, -0.15) is 0 Å². The maximum Gasteiger partial charge on any atom is 0.262 e. The van der Waals surface area contributed by atoms with E-state index in [1.165, 1.54) is 22.4 Å². The molecular weight excluding hydrogens is 438 g/mol. The number of fused-ring (bicyclic) bond motifs is 3. The molecule has 1 atom stereocenters. The predicted molar refractivity (Wildman–Crippen MR) is 131 cm³/mol. The molecule has 1 N–H and O–H groups in total. The SMILES string of the molecule is Cc1ccc(C(NC(=O)CCn2cnc3sc4c(c3c2=O)CCCC4)c2cccs2)cc1. The zero-order chi connectivity index (χ0) is 22.1. The van der Waals surface area contributed by atoms with Crippen LogP contribution in [0.15, 0.2) is 52.9 Å². The van der Waals surface area contributed by atoms with Crippen molar-refractivity contribution in [3.8, 4) is 0 Å². The minimum Gasteiger partial charge on any atom is -0.344 e. The van der Waals surface area contributed by atoms with Gasteiger partial charge in [-0.05, 0) is 55.2 Å². The van der Waals surface area contributed by atoms with E-state index in [-0.39, 0.29) is 23.9 Å². The fourth-order valence-electron chi connectivity index (χ4n) is 4.33. The minimum absolute atomic E-state index is 0.0180. The highest BCUT2D eigenvalue weighted by Gasteiger charge is 2.21. The van der Waals surface area contributed by atoms with Crippen molar-refractivity contribution in [2.24, 2.45) is 0 Å². The molecule has 0 spiro atoms. The molecule has 5 rings (SSSR count). The maximum absolute atomic E-state index is 13.1. The molecule has 3 aromatic heterocycles. The molecule has 0 saturated carbocycles. The van der Waals surface area contributed by atoms with Gasteiger partial charge < -0.3 is 5.32 Å². The van der Waals surface area contributed by atoms with Gasteiger partial charge in [-0.15, -0.1) is 22.7 Å². The Bertz CT molecular complexity index is 1300. The summed E-state index contributed by atoms with van der Waals surface area (Å²) in [5.41, 5.74) is 3.40. The van der Waals surface area contributed by atoms with Crippen LogP contribution in [0, 0.1) is 6.92 Å². The van der Waals surface area contributed by atoms with Crippen LogP contribution in [0.3, 0.4) is 0 Å². The summed E-state index contributed by atoms with van der Waals surface area (Å²) in [4.78, 5) is 33.8. The van der Waals surface area contributed by atoms with Crippen LogP contribution in [-0.4, -0.2) is 15.5 Å². The summed E-state index contributed by atoms with van der Waals surface area (Å²) < 4.78 is 1.59. The van der Waals surface area contributed by atoms with Crippen molar-refractivity contribution < 1.29 is 4.79 Å². The topological polar surface area (TPSA) is 64.0 Å². The number of carbonyl (C=O) groups is 1. The van der Waals surface area contributed by atoms with Crippen LogP contribution in [-0.2, 0) is 24.2 Å². The van der Waals surface area contributed by atoms with E-state index in [4.69, 9.17) is 0 Å². The minimum atomic E-state index is -0.190. The average molecular weight is 464 g/mol. The second-order valence-electron chi connectivity index (χ2n) is 8.31. The molecule has 0 radical (unpaired) electrons. The second-order valence-corrected chi connectivity index (χ2v) is 10.4. The van der Waals surface area contributed by atoms with E-state index in [9.17, 15) is 9.59 Å². The van der Waals surface area contributed by atoms with Crippen LogP contribution in [0.4, 0.5) is 0 Å². The van der Waals surface area contributed by atoms with E-state index in [2.05, 4.69) is 41.5 Å². The first-order valence-electron chi connectivity index (χ1n) is 11.0. The molecule has 5 nitrogen and oxygen atoms in total. The van der Waals surface area contributed by atoms with Crippen molar-refractivity contribution in [2.75, 3.05) is 0 Å². The molecule has 1 unspecified atom stereocenters. The summed E-state index contributed by atoms with van der Waals surface area (Å²) in [5.74, 6) is -0.0803. The highest BCUT2D eigenvalue weighted by molar-refractivity contribution is 7.18. The Balaban J connectivity index is 1.33. The third-order valence-corrected chi connectivity index (χ3v) is 8.20. The number of amides is 1. The molecule has 1 aromatic carbocycles. The normalized spacial score (nSPS) is 14.3. The van der Waals surface area contributed by atoms with Crippen molar-refractivity contribution in [3.63, 3.8) is 0 Å². The molecule has 164 valence electrons. The number of nitrogens with one attached hydrogen (secondary N) is 1. The molecule has 1 aliphatic carbocycles. The van der Waals surface area contributed by atoms with E-state index in [0.717, 1.165) is 39.9 Å². The van der Waals surface area contributed by atoms with E-state index in [1.54, 1.807) is 33.6 Å². The molecule has 1 amide bonds. The van der Waals surface area contributed by atoms with Gasteiger partial charge in [-0.25, -0.2) is 4.98 Å². The lowest BCUT2D eigenvalue weighted by atomic mass is 9.97. The molecule has 7 heteroatoms. The number of rotatable bonds is 6. The highest BCUT2D eigenvalue weighted by atomic mass is 32.1. The van der Waals surface area contributed by atoms with Gasteiger partial charge in [0.25, 0.3) is 5.56 Å². The Morgan fingerprint density at radius 3 is 2.78 bits per heavy atom. The lowest BCUT2D eigenvalue weighted by Crippen LogP contribution is -2.31. The Kier molecular flexibility index (Phi) is 5.93. The average Bonchev–Trinajstić information content (AvgIpc) is 3.46.